The molecule has 2 aromatic rings. The Bertz CT molecular complexity index is 899. The number of hydrogen-bond acceptors (Lipinski definition) is 7. The van der Waals surface area contributed by atoms with Gasteiger partial charge in [0.15, 0.2) is 7.05 Å². The number of anilines is 1. The van der Waals surface area contributed by atoms with Gasteiger partial charge in [-0.1, -0.05) is 4.68 Å². The highest BCUT2D eigenvalue weighted by molar-refractivity contribution is 7.99. The minimum Gasteiger partial charge on any atom is -0.462 e. The predicted octanol–water partition coefficient (Wildman–Crippen LogP) is 2.03. The molecule has 1 aliphatic rings. The summed E-state index contributed by atoms with van der Waals surface area (Å²) in [4.78, 5) is 37.4. The van der Waals surface area contributed by atoms with Crippen LogP contribution in [0.15, 0.2) is 14.3 Å². The number of thioether (sulfide) groups is 1. The van der Waals surface area contributed by atoms with E-state index in [-0.39, 0.29) is 18.3 Å². The van der Waals surface area contributed by atoms with E-state index < -0.39 is 5.63 Å². The summed E-state index contributed by atoms with van der Waals surface area (Å²) >= 11 is 2.71. The summed E-state index contributed by atoms with van der Waals surface area (Å²) in [6, 6.07) is 0. The van der Waals surface area contributed by atoms with Crippen molar-refractivity contribution in [1.29, 1.82) is 0 Å². The third-order valence-corrected chi connectivity index (χ3v) is 6.56. The third-order valence-electron chi connectivity index (χ3n) is 4.23. The maximum atomic E-state index is 12.4. The maximum absolute atomic E-state index is 12.4. The lowest BCUT2D eigenvalue weighted by molar-refractivity contribution is -0.772. The molecule has 27 heavy (non-hydrogen) atoms. The first-order valence-electron chi connectivity index (χ1n) is 8.83. The second-order valence-corrected chi connectivity index (χ2v) is 8.32. The Hall–Kier alpha value is -2.07. The lowest BCUT2D eigenvalue weighted by Crippen LogP contribution is -2.33. The van der Waals surface area contributed by atoms with E-state index >= 15 is 0 Å². The number of carbonyl (C=O) groups excluding carboxylic acids is 2. The van der Waals surface area contributed by atoms with Crippen LogP contribution >= 0.6 is 23.1 Å². The molecule has 1 aliphatic carbocycles. The maximum Gasteiger partial charge on any atom is 0.441 e. The Kier molecular flexibility index (Phi) is 6.38. The van der Waals surface area contributed by atoms with E-state index in [0.29, 0.717) is 28.0 Å². The van der Waals surface area contributed by atoms with E-state index in [1.54, 1.807) is 14.0 Å². The van der Waals surface area contributed by atoms with Crippen molar-refractivity contribution in [3.05, 3.63) is 26.4 Å². The molecule has 0 saturated carbocycles. The van der Waals surface area contributed by atoms with Gasteiger partial charge in [0.1, 0.15) is 5.00 Å². The number of hydrogen-bond donors (Lipinski definition) is 2. The van der Waals surface area contributed by atoms with E-state index in [1.165, 1.54) is 27.8 Å². The van der Waals surface area contributed by atoms with Crippen molar-refractivity contribution in [2.45, 2.75) is 44.1 Å². The molecule has 0 fully saturated rings. The largest absolute Gasteiger partial charge is 0.462 e. The number of thiophene rings is 1. The number of nitrogens with one attached hydrogen (secondary N) is 2. The van der Waals surface area contributed by atoms with Gasteiger partial charge in [-0.25, -0.2) is 9.59 Å². The number of carbonyl (C=O) groups is 2. The van der Waals surface area contributed by atoms with Gasteiger partial charge in [-0.2, -0.15) is 0 Å². The molecule has 0 unspecified atom stereocenters. The Morgan fingerprint density at radius 3 is 2.85 bits per heavy atom. The van der Waals surface area contributed by atoms with Gasteiger partial charge in [0.05, 0.1) is 12.2 Å². The van der Waals surface area contributed by atoms with Crippen molar-refractivity contribution in [2.24, 2.45) is 7.05 Å². The molecular formula is C17H22N3O5S2+. The quantitative estimate of drug-likeness (QED) is 0.410. The minimum atomic E-state index is -0.460. The van der Waals surface area contributed by atoms with E-state index in [9.17, 15) is 14.4 Å². The molecule has 1 amide bonds. The number of aromatic amines is 1. The van der Waals surface area contributed by atoms with Crippen LogP contribution in [0.2, 0.25) is 0 Å². The smallest absolute Gasteiger partial charge is 0.441 e. The van der Waals surface area contributed by atoms with Crippen LogP contribution in [0.25, 0.3) is 0 Å². The van der Waals surface area contributed by atoms with Crippen molar-refractivity contribution >= 4 is 40.0 Å². The van der Waals surface area contributed by atoms with E-state index in [2.05, 4.69) is 15.1 Å². The number of nitrogens with zero attached hydrogens (tertiary/aromatic N) is 1. The number of ether oxygens (including phenoxy) is 1. The number of H-pyrrole nitrogens is 1. The van der Waals surface area contributed by atoms with Crippen LogP contribution in [0.5, 0.6) is 0 Å². The van der Waals surface area contributed by atoms with Crippen molar-refractivity contribution in [2.75, 3.05) is 17.7 Å². The first-order valence-corrected chi connectivity index (χ1v) is 10.6. The molecule has 2 aromatic heterocycles. The second kappa shape index (κ2) is 8.75. The Balaban J connectivity index is 1.67. The van der Waals surface area contributed by atoms with Gasteiger partial charge in [0.25, 0.3) is 0 Å². The molecular weight excluding hydrogens is 390 g/mol. The zero-order valence-corrected chi connectivity index (χ0v) is 16.9. The van der Waals surface area contributed by atoms with E-state index in [4.69, 9.17) is 4.74 Å². The number of amides is 1. The predicted molar refractivity (Wildman–Crippen MR) is 101 cm³/mol. The first kappa shape index (κ1) is 19.7. The highest BCUT2D eigenvalue weighted by atomic mass is 32.2. The molecule has 0 bridgehead atoms. The Morgan fingerprint density at radius 1 is 1.37 bits per heavy atom. The lowest BCUT2D eigenvalue weighted by atomic mass is 9.95. The average molecular weight is 413 g/mol. The van der Waals surface area contributed by atoms with Crippen LogP contribution in [0, 0.1) is 0 Å². The van der Waals surface area contributed by atoms with E-state index in [1.807, 2.05) is 0 Å². The molecule has 0 atom stereocenters. The van der Waals surface area contributed by atoms with Crippen LogP contribution in [-0.4, -0.2) is 29.5 Å². The monoisotopic (exact) mass is 412 g/mol. The van der Waals surface area contributed by atoms with Crippen molar-refractivity contribution in [3.8, 4) is 0 Å². The summed E-state index contributed by atoms with van der Waals surface area (Å²) in [5, 5.41) is 6.27. The van der Waals surface area contributed by atoms with Gasteiger partial charge >= 0.3 is 16.6 Å². The topological polar surface area (TPSA) is 105 Å². The molecule has 0 aliphatic heterocycles. The summed E-state index contributed by atoms with van der Waals surface area (Å²) < 4.78 is 11.3. The molecule has 0 saturated heterocycles. The zero-order valence-electron chi connectivity index (χ0n) is 15.3. The van der Waals surface area contributed by atoms with Crippen molar-refractivity contribution in [1.82, 2.24) is 5.27 Å². The molecule has 0 aromatic carbocycles. The van der Waals surface area contributed by atoms with Gasteiger partial charge in [-0.15, -0.1) is 11.3 Å². The molecule has 2 heterocycles. The molecule has 8 nitrogen and oxygen atoms in total. The van der Waals surface area contributed by atoms with Gasteiger partial charge in [-0.05, 0) is 55.2 Å². The van der Waals surface area contributed by atoms with E-state index in [0.717, 1.165) is 36.1 Å². The third kappa shape index (κ3) is 4.44. The summed E-state index contributed by atoms with van der Waals surface area (Å²) in [6.45, 7) is 2.06. The van der Waals surface area contributed by atoms with Crippen molar-refractivity contribution in [3.63, 3.8) is 0 Å². The van der Waals surface area contributed by atoms with Gasteiger partial charge < -0.3 is 10.1 Å². The fraction of sp³-hybridized carbons (Fsp3) is 0.529. The van der Waals surface area contributed by atoms with Gasteiger partial charge in [0, 0.05) is 17.1 Å². The Morgan fingerprint density at radius 2 is 2.15 bits per heavy atom. The summed E-state index contributed by atoms with van der Waals surface area (Å²) in [6.07, 6.45) is 4.11. The average Bonchev–Trinajstić information content (AvgIpc) is 3.15. The fourth-order valence-electron chi connectivity index (χ4n) is 2.99. The highest BCUT2D eigenvalue weighted by Gasteiger charge is 2.27. The normalized spacial score (nSPS) is 13.3. The molecule has 0 spiro atoms. The molecule has 146 valence electrons. The molecule has 2 N–H and O–H groups in total. The standard InChI is InChI=1S/C17H21N3O5S2/c1-3-24-16(22)13-10-6-4-5-7-11(10)27-14(13)18-12(21)8-9-26-15-17(23)25-19-20(15)2/h3-9H2,1-2H3,(H-,18,19,21,22,23)/p+1. The van der Waals surface area contributed by atoms with Crippen LogP contribution in [0.4, 0.5) is 5.00 Å². The van der Waals surface area contributed by atoms with Crippen LogP contribution < -0.4 is 15.6 Å². The summed E-state index contributed by atoms with van der Waals surface area (Å²) in [5.41, 5.74) is 1.07. The van der Waals surface area contributed by atoms with Gasteiger partial charge in [-0.3, -0.25) is 9.32 Å². The van der Waals surface area contributed by atoms with Gasteiger partial charge in [0.2, 0.25) is 5.91 Å². The number of aromatic nitrogens is 2. The number of esters is 1. The second-order valence-electron chi connectivity index (χ2n) is 6.13. The number of fused-ring (bicyclic) bond motifs is 1. The highest BCUT2D eigenvalue weighted by Crippen LogP contribution is 2.38. The van der Waals surface area contributed by atoms with Crippen LogP contribution in [0.1, 0.15) is 47.0 Å². The Labute approximate surface area is 164 Å². The van der Waals surface area contributed by atoms with Crippen molar-refractivity contribution < 1.29 is 23.5 Å². The number of rotatable bonds is 7. The molecule has 0 radical (unpaired) electrons. The van der Waals surface area contributed by atoms with Crippen LogP contribution in [0.3, 0.4) is 0 Å². The van der Waals surface area contributed by atoms with Crippen LogP contribution in [-0.2, 0) is 29.4 Å². The minimum absolute atomic E-state index is 0.200. The fourth-order valence-corrected chi connectivity index (χ4v) is 5.16. The lowest BCUT2D eigenvalue weighted by Gasteiger charge is -2.12. The first-order chi connectivity index (χ1) is 13.0. The SMILES string of the molecule is CCOC(=O)c1c(NC(=O)CCSc2c(=O)o[nH][n+]2C)sc2c1CCCC2. The zero-order chi connectivity index (χ0) is 19.4. The number of aryl methyl sites for hydroxylation is 2. The molecule has 10 heteroatoms. The summed E-state index contributed by atoms with van der Waals surface area (Å²) in [7, 11) is 1.66. The summed E-state index contributed by atoms with van der Waals surface area (Å²) in [5.74, 6) is -0.157. The molecule has 3 rings (SSSR count).